The van der Waals surface area contributed by atoms with Gasteiger partial charge in [-0.2, -0.15) is 0 Å². The maximum absolute atomic E-state index is 5.55. The van der Waals surface area contributed by atoms with Crippen LogP contribution >= 0.6 is 0 Å². The zero-order valence-corrected chi connectivity index (χ0v) is 11.9. The van der Waals surface area contributed by atoms with Gasteiger partial charge in [0.15, 0.2) is 9.76 Å². The highest BCUT2D eigenvalue weighted by atomic mass is 28.3. The van der Waals surface area contributed by atoms with E-state index in [4.69, 9.17) is 14.0 Å². The van der Waals surface area contributed by atoms with Gasteiger partial charge in [-0.3, -0.25) is 0 Å². The van der Waals surface area contributed by atoms with Gasteiger partial charge < -0.3 is 14.0 Å². The maximum atomic E-state index is 5.55. The molecule has 0 unspecified atom stereocenters. The first kappa shape index (κ1) is 9.68. The summed E-state index contributed by atoms with van der Waals surface area (Å²) in [7, 11) is -0.371. The molecule has 2 N–H and O–H groups in total. The van der Waals surface area contributed by atoms with Crippen molar-refractivity contribution < 1.29 is 8.23 Å². The monoisotopic (exact) mass is 215 g/mol. The molecule has 0 fully saturated rings. The van der Waals surface area contributed by atoms with Crippen LogP contribution in [0, 0.1) is 0 Å². The molecule has 6 heteroatoms. The lowest BCUT2D eigenvalue weighted by molar-refractivity contribution is 0.508. The number of benzene rings is 1. The molecule has 12 heavy (non-hydrogen) atoms. The highest BCUT2D eigenvalue weighted by Gasteiger charge is 1.93. The highest BCUT2D eigenvalue weighted by Crippen LogP contribution is 1.95. The summed E-state index contributed by atoms with van der Waals surface area (Å²) in [5.41, 5.74) is 6.36. The molecule has 0 atom stereocenters. The number of hydrogen-bond donors (Lipinski definition) is 1. The third-order valence-corrected chi connectivity index (χ3v) is 4.68. The molecule has 1 aromatic rings. The average molecular weight is 215 g/mol. The fraction of sp³-hybridized carbons (Fsp3) is 0. The molecule has 1 rings (SSSR count). The molecule has 0 saturated carbocycles. The quantitative estimate of drug-likeness (QED) is 0.337. The molecule has 3 nitrogen and oxygen atoms in total. The first-order valence-electron chi connectivity index (χ1n) is 3.74. The summed E-state index contributed by atoms with van der Waals surface area (Å²) >= 11 is 0. The lowest BCUT2D eigenvalue weighted by Crippen LogP contribution is -2.20. The molecular formula is C6H13NO2Si3. The molecule has 0 saturated heterocycles. The summed E-state index contributed by atoms with van der Waals surface area (Å²) in [5, 5.41) is 1.29. The van der Waals surface area contributed by atoms with Crippen LogP contribution in [0.15, 0.2) is 24.3 Å². The van der Waals surface area contributed by atoms with Crippen molar-refractivity contribution in [3.8, 4) is 0 Å². The molecule has 0 amide bonds. The zero-order chi connectivity index (χ0) is 8.81. The van der Waals surface area contributed by atoms with Gasteiger partial charge in [-0.25, -0.2) is 0 Å². The number of hydrogen-bond acceptors (Lipinski definition) is 3. The smallest absolute Gasteiger partial charge is 0.283 e. The third kappa shape index (κ3) is 3.32. The largest absolute Gasteiger partial charge is 0.449 e. The standard InChI is InChI=1S/C6H13NO2Si3/c7-5-1-3-6(4-2-5)11-9-12-8-10/h1-4H,7,11-12H2,10H3. The van der Waals surface area contributed by atoms with Gasteiger partial charge >= 0.3 is 0 Å². The average Bonchev–Trinajstić information content (AvgIpc) is 2.09. The molecule has 0 spiro atoms. The van der Waals surface area contributed by atoms with Crippen LogP contribution in [0.2, 0.25) is 0 Å². The minimum atomic E-state index is -0.640. The lowest BCUT2D eigenvalue weighted by atomic mass is 10.3. The molecule has 0 radical (unpaired) electrons. The normalized spacial score (nSPS) is 12.3. The van der Waals surface area contributed by atoms with Gasteiger partial charge in [0.1, 0.15) is 10.5 Å². The minimum Gasteiger partial charge on any atom is -0.449 e. The lowest BCUT2D eigenvalue weighted by Gasteiger charge is -2.02. The van der Waals surface area contributed by atoms with Gasteiger partial charge in [-0.1, -0.05) is 12.1 Å². The molecule has 0 aliphatic carbocycles. The Kier molecular flexibility index (Phi) is 4.25. The van der Waals surface area contributed by atoms with Crippen LogP contribution in [0.1, 0.15) is 0 Å². The molecular weight excluding hydrogens is 202 g/mol. The van der Waals surface area contributed by atoms with Crippen LogP contribution < -0.4 is 10.9 Å². The minimum absolute atomic E-state index is 0.535. The van der Waals surface area contributed by atoms with Gasteiger partial charge in [0.2, 0.25) is 0 Å². The van der Waals surface area contributed by atoms with Crippen LogP contribution in [-0.4, -0.2) is 30.3 Å². The van der Waals surface area contributed by atoms with Crippen LogP contribution in [0.25, 0.3) is 0 Å². The number of anilines is 1. The zero-order valence-electron chi connectivity index (χ0n) is 7.12. The number of nitrogens with two attached hydrogens (primary N) is 1. The van der Waals surface area contributed by atoms with E-state index in [2.05, 4.69) is 0 Å². The molecule has 0 aliphatic heterocycles. The molecule has 0 heterocycles. The SMILES string of the molecule is Nc1ccc([SiH2]O[SiH2]O[SiH3])cc1. The Morgan fingerprint density at radius 1 is 1.25 bits per heavy atom. The van der Waals surface area contributed by atoms with E-state index < -0.39 is 19.8 Å². The first-order valence-corrected chi connectivity index (χ1v) is 6.99. The molecule has 0 aromatic heterocycles. The Morgan fingerprint density at radius 3 is 2.50 bits per heavy atom. The topological polar surface area (TPSA) is 44.5 Å². The maximum Gasteiger partial charge on any atom is 0.283 e. The van der Waals surface area contributed by atoms with Crippen molar-refractivity contribution in [3.63, 3.8) is 0 Å². The third-order valence-electron chi connectivity index (χ3n) is 1.45. The van der Waals surface area contributed by atoms with E-state index in [1.807, 2.05) is 24.3 Å². The Balaban J connectivity index is 2.37. The van der Waals surface area contributed by atoms with Crippen molar-refractivity contribution in [3.05, 3.63) is 24.3 Å². The molecule has 66 valence electrons. The summed E-state index contributed by atoms with van der Waals surface area (Å²) in [6.07, 6.45) is 0. The van der Waals surface area contributed by atoms with E-state index in [1.165, 1.54) is 5.19 Å². The fourth-order valence-corrected chi connectivity index (χ4v) is 4.73. The Labute approximate surface area is 79.8 Å². The van der Waals surface area contributed by atoms with E-state index in [1.54, 1.807) is 0 Å². The van der Waals surface area contributed by atoms with Crippen molar-refractivity contribution in [1.82, 2.24) is 0 Å². The van der Waals surface area contributed by atoms with E-state index in [0.717, 1.165) is 16.2 Å². The van der Waals surface area contributed by atoms with Gasteiger partial charge in [0.25, 0.3) is 10.0 Å². The Morgan fingerprint density at radius 2 is 1.92 bits per heavy atom. The van der Waals surface area contributed by atoms with Gasteiger partial charge in [-0.05, 0) is 17.3 Å². The van der Waals surface area contributed by atoms with E-state index in [0.29, 0.717) is 0 Å². The summed E-state index contributed by atoms with van der Waals surface area (Å²) in [6.45, 7) is 0. The van der Waals surface area contributed by atoms with Gasteiger partial charge in [0, 0.05) is 5.69 Å². The fourth-order valence-electron chi connectivity index (χ4n) is 0.857. The predicted octanol–water partition coefficient (Wildman–Crippen LogP) is -2.71. The van der Waals surface area contributed by atoms with Gasteiger partial charge in [0.05, 0.1) is 0 Å². The van der Waals surface area contributed by atoms with Crippen molar-refractivity contribution in [2.24, 2.45) is 0 Å². The van der Waals surface area contributed by atoms with Crippen LogP contribution in [0.4, 0.5) is 5.69 Å². The predicted molar refractivity (Wildman–Crippen MR) is 59.7 cm³/mol. The van der Waals surface area contributed by atoms with Crippen molar-refractivity contribution in [2.45, 2.75) is 0 Å². The molecule has 1 aromatic carbocycles. The first-order chi connectivity index (χ1) is 5.83. The van der Waals surface area contributed by atoms with Crippen molar-refractivity contribution in [2.75, 3.05) is 5.73 Å². The number of rotatable bonds is 4. The summed E-state index contributed by atoms with van der Waals surface area (Å²) < 4.78 is 10.5. The van der Waals surface area contributed by atoms with Crippen LogP contribution in [-0.2, 0) is 8.23 Å². The van der Waals surface area contributed by atoms with Crippen LogP contribution in [0.5, 0.6) is 0 Å². The van der Waals surface area contributed by atoms with E-state index in [9.17, 15) is 0 Å². The second-order valence-electron chi connectivity index (χ2n) is 2.50. The van der Waals surface area contributed by atoms with Gasteiger partial charge in [-0.15, -0.1) is 0 Å². The summed E-state index contributed by atoms with van der Waals surface area (Å²) in [4.78, 5) is 0. The number of nitrogen functional groups attached to an aromatic ring is 1. The van der Waals surface area contributed by atoms with Crippen LogP contribution in [0.3, 0.4) is 0 Å². The molecule has 0 aliphatic rings. The van der Waals surface area contributed by atoms with E-state index >= 15 is 0 Å². The molecule has 0 bridgehead atoms. The highest BCUT2D eigenvalue weighted by molar-refractivity contribution is 6.53. The summed E-state index contributed by atoms with van der Waals surface area (Å²) in [6, 6.07) is 7.88. The Hall–Kier alpha value is -0.409. The van der Waals surface area contributed by atoms with Crippen molar-refractivity contribution >= 4 is 41.1 Å². The second-order valence-corrected chi connectivity index (χ2v) is 7.78. The summed E-state index contributed by atoms with van der Waals surface area (Å²) in [5.74, 6) is 0. The Bertz CT molecular complexity index is 229. The second kappa shape index (κ2) is 5.27. The van der Waals surface area contributed by atoms with Crippen molar-refractivity contribution in [1.29, 1.82) is 0 Å². The van der Waals surface area contributed by atoms with E-state index in [-0.39, 0.29) is 0 Å².